The van der Waals surface area contributed by atoms with Gasteiger partial charge >= 0.3 is 5.97 Å². The Kier molecular flexibility index (Phi) is 4.78. The number of rotatable bonds is 5. The summed E-state index contributed by atoms with van der Waals surface area (Å²) in [6.45, 7) is 2.04. The average molecular weight is 239 g/mol. The lowest BCUT2D eigenvalue weighted by molar-refractivity contribution is -0.143. The van der Waals surface area contributed by atoms with E-state index in [-0.39, 0.29) is 18.1 Å². The summed E-state index contributed by atoms with van der Waals surface area (Å²) in [6, 6.07) is 4.38. The molecule has 0 aliphatic rings. The van der Waals surface area contributed by atoms with E-state index in [4.69, 9.17) is 15.2 Å². The number of carbonyl (C=O) groups is 1. The molecule has 0 radical (unpaired) electrons. The van der Waals surface area contributed by atoms with Gasteiger partial charge in [0, 0.05) is 11.6 Å². The number of phenolic OH excluding ortho intramolecular Hbond substituents is 1. The average Bonchev–Trinajstić information content (AvgIpc) is 2.29. The Morgan fingerprint density at radius 1 is 1.53 bits per heavy atom. The largest absolute Gasteiger partial charge is 0.504 e. The van der Waals surface area contributed by atoms with Gasteiger partial charge < -0.3 is 20.3 Å². The summed E-state index contributed by atoms with van der Waals surface area (Å²) >= 11 is 0. The summed E-state index contributed by atoms with van der Waals surface area (Å²) < 4.78 is 9.77. The molecule has 0 saturated carbocycles. The van der Waals surface area contributed by atoms with Crippen LogP contribution in [0.5, 0.6) is 11.5 Å². The van der Waals surface area contributed by atoms with Crippen LogP contribution in [0.3, 0.4) is 0 Å². The molecule has 0 amide bonds. The van der Waals surface area contributed by atoms with Gasteiger partial charge in [0.15, 0.2) is 11.5 Å². The standard InChI is InChI=1S/C12H17NO4/c1-3-17-11(14)7-9(13)8-5-4-6-10(16-2)12(8)15/h4-6,9,15H,3,7,13H2,1-2H3/t9-/m0/s1. The predicted octanol–water partition coefficient (Wildman–Crippen LogP) is 1.35. The van der Waals surface area contributed by atoms with Crippen molar-refractivity contribution in [3.8, 4) is 11.5 Å². The van der Waals surface area contributed by atoms with Gasteiger partial charge in [0.1, 0.15) is 0 Å². The van der Waals surface area contributed by atoms with Gasteiger partial charge in [-0.05, 0) is 13.0 Å². The Labute approximate surface area is 100 Å². The van der Waals surface area contributed by atoms with Crippen LogP contribution in [-0.2, 0) is 9.53 Å². The second-order valence-corrected chi connectivity index (χ2v) is 3.51. The summed E-state index contributed by atoms with van der Waals surface area (Å²) in [5, 5.41) is 9.84. The van der Waals surface area contributed by atoms with Crippen molar-refractivity contribution in [3.63, 3.8) is 0 Å². The van der Waals surface area contributed by atoms with Gasteiger partial charge in [-0.2, -0.15) is 0 Å². The van der Waals surface area contributed by atoms with E-state index in [1.807, 2.05) is 0 Å². The molecular formula is C12H17NO4. The van der Waals surface area contributed by atoms with Crippen LogP contribution in [0.15, 0.2) is 18.2 Å². The lowest BCUT2D eigenvalue weighted by atomic mass is 10.0. The molecule has 0 aromatic heterocycles. The maximum Gasteiger partial charge on any atom is 0.307 e. The minimum absolute atomic E-state index is 0.0224. The zero-order valence-electron chi connectivity index (χ0n) is 9.97. The molecular weight excluding hydrogens is 222 g/mol. The van der Waals surface area contributed by atoms with Gasteiger partial charge in [0.05, 0.1) is 20.1 Å². The number of phenols is 1. The molecule has 1 aromatic carbocycles. The predicted molar refractivity (Wildman–Crippen MR) is 62.8 cm³/mol. The fourth-order valence-corrected chi connectivity index (χ4v) is 1.51. The first-order valence-electron chi connectivity index (χ1n) is 5.37. The normalized spacial score (nSPS) is 11.9. The lowest BCUT2D eigenvalue weighted by Gasteiger charge is -2.14. The van der Waals surface area contributed by atoms with Crippen LogP contribution in [0.1, 0.15) is 24.9 Å². The highest BCUT2D eigenvalue weighted by Crippen LogP contribution is 2.33. The molecule has 0 bridgehead atoms. The smallest absolute Gasteiger partial charge is 0.307 e. The molecule has 1 aromatic rings. The number of hydrogen-bond donors (Lipinski definition) is 2. The second kappa shape index (κ2) is 6.10. The van der Waals surface area contributed by atoms with Crippen LogP contribution in [-0.4, -0.2) is 24.8 Å². The van der Waals surface area contributed by atoms with Crippen molar-refractivity contribution >= 4 is 5.97 Å². The second-order valence-electron chi connectivity index (χ2n) is 3.51. The maximum atomic E-state index is 11.3. The van der Waals surface area contributed by atoms with Gasteiger partial charge in [-0.25, -0.2) is 0 Å². The number of benzene rings is 1. The third-order valence-corrected chi connectivity index (χ3v) is 2.34. The van der Waals surface area contributed by atoms with Crippen molar-refractivity contribution in [1.29, 1.82) is 0 Å². The maximum absolute atomic E-state index is 11.3. The molecule has 17 heavy (non-hydrogen) atoms. The van der Waals surface area contributed by atoms with E-state index >= 15 is 0 Å². The molecule has 0 aliphatic heterocycles. The Balaban J connectivity index is 2.81. The van der Waals surface area contributed by atoms with E-state index in [1.165, 1.54) is 7.11 Å². The van der Waals surface area contributed by atoms with E-state index < -0.39 is 6.04 Å². The van der Waals surface area contributed by atoms with E-state index in [9.17, 15) is 9.90 Å². The number of hydrogen-bond acceptors (Lipinski definition) is 5. The van der Waals surface area contributed by atoms with Crippen LogP contribution in [0, 0.1) is 0 Å². The summed E-state index contributed by atoms with van der Waals surface area (Å²) in [4.78, 5) is 11.3. The zero-order valence-corrected chi connectivity index (χ0v) is 9.97. The summed E-state index contributed by atoms with van der Waals surface area (Å²) in [7, 11) is 1.45. The highest BCUT2D eigenvalue weighted by atomic mass is 16.5. The number of carbonyl (C=O) groups excluding carboxylic acids is 1. The van der Waals surface area contributed by atoms with Crippen LogP contribution in [0.25, 0.3) is 0 Å². The molecule has 0 spiro atoms. The minimum atomic E-state index is -0.607. The van der Waals surface area contributed by atoms with Gasteiger partial charge in [0.2, 0.25) is 0 Å². The molecule has 0 fully saturated rings. The molecule has 1 atom stereocenters. The highest BCUT2D eigenvalue weighted by Gasteiger charge is 2.17. The quantitative estimate of drug-likeness (QED) is 0.758. The van der Waals surface area contributed by atoms with Crippen LogP contribution >= 0.6 is 0 Å². The molecule has 94 valence electrons. The Bertz CT molecular complexity index is 392. The van der Waals surface area contributed by atoms with Crippen molar-refractivity contribution in [2.45, 2.75) is 19.4 Å². The van der Waals surface area contributed by atoms with E-state index in [0.29, 0.717) is 17.9 Å². The van der Waals surface area contributed by atoms with E-state index in [1.54, 1.807) is 25.1 Å². The Morgan fingerprint density at radius 3 is 2.82 bits per heavy atom. The summed E-state index contributed by atoms with van der Waals surface area (Å²) in [6.07, 6.45) is 0.0224. The van der Waals surface area contributed by atoms with Gasteiger partial charge in [0.25, 0.3) is 0 Å². The third kappa shape index (κ3) is 3.35. The SMILES string of the molecule is CCOC(=O)C[C@H](N)c1cccc(OC)c1O. The first-order chi connectivity index (χ1) is 8.10. The van der Waals surface area contributed by atoms with Crippen molar-refractivity contribution in [2.75, 3.05) is 13.7 Å². The van der Waals surface area contributed by atoms with Gasteiger partial charge in [-0.1, -0.05) is 12.1 Å². The van der Waals surface area contributed by atoms with Gasteiger partial charge in [-0.15, -0.1) is 0 Å². The van der Waals surface area contributed by atoms with Crippen molar-refractivity contribution in [3.05, 3.63) is 23.8 Å². The first-order valence-corrected chi connectivity index (χ1v) is 5.37. The summed E-state index contributed by atoms with van der Waals surface area (Å²) in [5.41, 5.74) is 6.30. The number of para-hydroxylation sites is 1. The fraction of sp³-hybridized carbons (Fsp3) is 0.417. The van der Waals surface area contributed by atoms with Crippen molar-refractivity contribution in [2.24, 2.45) is 5.73 Å². The first kappa shape index (κ1) is 13.3. The highest BCUT2D eigenvalue weighted by molar-refractivity contribution is 5.70. The van der Waals surface area contributed by atoms with Crippen LogP contribution in [0.2, 0.25) is 0 Å². The molecule has 5 heteroatoms. The van der Waals surface area contributed by atoms with E-state index in [2.05, 4.69) is 0 Å². The number of aromatic hydroxyl groups is 1. The zero-order chi connectivity index (χ0) is 12.8. The number of esters is 1. The van der Waals surface area contributed by atoms with Crippen molar-refractivity contribution in [1.82, 2.24) is 0 Å². The molecule has 1 rings (SSSR count). The molecule has 0 unspecified atom stereocenters. The van der Waals surface area contributed by atoms with E-state index in [0.717, 1.165) is 0 Å². The third-order valence-electron chi connectivity index (χ3n) is 2.34. The molecule has 0 saturated heterocycles. The number of ether oxygens (including phenoxy) is 2. The molecule has 5 nitrogen and oxygen atoms in total. The monoisotopic (exact) mass is 239 g/mol. The number of nitrogens with two attached hydrogens (primary N) is 1. The minimum Gasteiger partial charge on any atom is -0.504 e. The van der Waals surface area contributed by atoms with Gasteiger partial charge in [-0.3, -0.25) is 4.79 Å². The fourth-order valence-electron chi connectivity index (χ4n) is 1.51. The van der Waals surface area contributed by atoms with Crippen LogP contribution in [0.4, 0.5) is 0 Å². The molecule has 0 heterocycles. The Hall–Kier alpha value is -1.75. The van der Waals surface area contributed by atoms with Crippen LogP contribution < -0.4 is 10.5 Å². The lowest BCUT2D eigenvalue weighted by Crippen LogP contribution is -2.17. The molecule has 3 N–H and O–H groups in total. The molecule has 0 aliphatic carbocycles. The summed E-state index contributed by atoms with van der Waals surface area (Å²) in [5.74, 6) is -0.0872. The number of methoxy groups -OCH3 is 1. The van der Waals surface area contributed by atoms with Crippen molar-refractivity contribution < 1.29 is 19.4 Å². The topological polar surface area (TPSA) is 81.8 Å². The Morgan fingerprint density at radius 2 is 2.24 bits per heavy atom.